The number of rotatable bonds is 6. The normalized spacial score (nSPS) is 11.4. The Balaban J connectivity index is 1.80. The van der Waals surface area contributed by atoms with E-state index in [2.05, 4.69) is 16.0 Å². The highest BCUT2D eigenvalue weighted by molar-refractivity contribution is 5.97. The highest BCUT2D eigenvalue weighted by Gasteiger charge is 2.20. The van der Waals surface area contributed by atoms with Crippen LogP contribution in [0.1, 0.15) is 24.1 Å². The topological polar surface area (TPSA) is 70.2 Å². The van der Waals surface area contributed by atoms with Crippen LogP contribution < -0.4 is 16.0 Å². The second-order valence-electron chi connectivity index (χ2n) is 6.60. The van der Waals surface area contributed by atoms with Crippen LogP contribution >= 0.6 is 0 Å². The van der Waals surface area contributed by atoms with Crippen LogP contribution in [0.3, 0.4) is 0 Å². The Kier molecular flexibility index (Phi) is 6.07. The molecule has 2 amide bonds. The molecular weight excluding hydrogens is 350 g/mol. The maximum Gasteiger partial charge on any atom is 0.251 e. The molecule has 0 saturated heterocycles. The number of carbonyl (C=O) groups excluding carboxylic acids is 2. The van der Waals surface area contributed by atoms with Gasteiger partial charge in [-0.05, 0) is 48.9 Å². The average Bonchev–Trinajstić information content (AvgIpc) is 2.69. The molecule has 0 fully saturated rings. The predicted octanol–water partition coefficient (Wildman–Crippen LogP) is 4.75. The van der Waals surface area contributed by atoms with Crippen molar-refractivity contribution in [2.24, 2.45) is 0 Å². The van der Waals surface area contributed by atoms with Crippen molar-refractivity contribution in [3.05, 3.63) is 90.0 Å². The average molecular weight is 373 g/mol. The van der Waals surface area contributed by atoms with Crippen LogP contribution in [0, 0.1) is 6.92 Å². The van der Waals surface area contributed by atoms with Crippen LogP contribution in [0.4, 0.5) is 17.1 Å². The lowest BCUT2D eigenvalue weighted by Crippen LogP contribution is -2.27. The third kappa shape index (κ3) is 5.20. The minimum Gasteiger partial charge on any atom is -0.370 e. The van der Waals surface area contributed by atoms with Gasteiger partial charge in [0, 0.05) is 24.0 Å². The highest BCUT2D eigenvalue weighted by atomic mass is 16.2. The zero-order valence-corrected chi connectivity index (χ0v) is 15.9. The number of hydrogen-bond acceptors (Lipinski definition) is 3. The van der Waals surface area contributed by atoms with Crippen molar-refractivity contribution in [3.63, 3.8) is 0 Å². The monoisotopic (exact) mass is 373 g/mol. The lowest BCUT2D eigenvalue weighted by Gasteiger charge is -2.20. The molecule has 1 atom stereocenters. The van der Waals surface area contributed by atoms with Crippen LogP contribution in [0.15, 0.2) is 78.9 Å². The molecule has 28 heavy (non-hydrogen) atoms. The van der Waals surface area contributed by atoms with Gasteiger partial charge in [0.05, 0.1) is 0 Å². The van der Waals surface area contributed by atoms with Crippen molar-refractivity contribution in [1.29, 1.82) is 0 Å². The lowest BCUT2D eigenvalue weighted by atomic mass is 10.1. The van der Waals surface area contributed by atoms with E-state index in [0.717, 1.165) is 22.5 Å². The largest absolute Gasteiger partial charge is 0.370 e. The fraction of sp³-hybridized carbons (Fsp3) is 0.130. The summed E-state index contributed by atoms with van der Waals surface area (Å²) >= 11 is 0. The van der Waals surface area contributed by atoms with Crippen molar-refractivity contribution >= 4 is 28.9 Å². The minimum absolute atomic E-state index is 0.125. The molecule has 142 valence electrons. The first-order valence-electron chi connectivity index (χ1n) is 9.08. The Labute approximate surface area is 164 Å². The summed E-state index contributed by atoms with van der Waals surface area (Å²) in [6, 6.07) is 23.9. The highest BCUT2D eigenvalue weighted by Crippen LogP contribution is 2.23. The molecule has 0 radical (unpaired) electrons. The molecule has 0 saturated carbocycles. The van der Waals surface area contributed by atoms with Gasteiger partial charge in [0.25, 0.3) is 5.91 Å². The summed E-state index contributed by atoms with van der Waals surface area (Å²) in [4.78, 5) is 24.1. The van der Waals surface area contributed by atoms with E-state index >= 15 is 0 Å². The molecule has 0 aromatic heterocycles. The van der Waals surface area contributed by atoms with E-state index in [1.807, 2.05) is 73.7 Å². The van der Waals surface area contributed by atoms with Crippen molar-refractivity contribution in [2.45, 2.75) is 19.9 Å². The zero-order chi connectivity index (χ0) is 19.9. The first-order valence-corrected chi connectivity index (χ1v) is 9.08. The van der Waals surface area contributed by atoms with Gasteiger partial charge in [-0.15, -0.1) is 0 Å². The predicted molar refractivity (Wildman–Crippen MR) is 113 cm³/mol. The summed E-state index contributed by atoms with van der Waals surface area (Å²) in [6.45, 7) is 3.47. The number of amides is 2. The molecule has 0 bridgehead atoms. The smallest absolute Gasteiger partial charge is 0.251 e. The molecule has 5 heteroatoms. The lowest BCUT2D eigenvalue weighted by molar-refractivity contribution is -0.117. The van der Waals surface area contributed by atoms with Gasteiger partial charge in [0.15, 0.2) is 0 Å². The van der Waals surface area contributed by atoms with Crippen molar-refractivity contribution in [2.75, 3.05) is 16.0 Å². The molecule has 3 aromatic carbocycles. The summed E-state index contributed by atoms with van der Waals surface area (Å²) in [5.74, 6) is -0.277. The standard InChI is InChI=1S/C23H23N3O2/c1-16-8-10-21(11-9-16)26-23(28)22(18-6-4-3-5-7-18)25-20-14-12-19(13-15-20)24-17(2)27/h3-15,22,25H,1-2H3,(H,24,27)(H,26,28)/t22-/m1/s1. The Bertz CT molecular complexity index is 936. The van der Waals surface area contributed by atoms with E-state index in [9.17, 15) is 9.59 Å². The second-order valence-corrected chi connectivity index (χ2v) is 6.60. The Hall–Kier alpha value is -3.60. The number of carbonyl (C=O) groups is 2. The van der Waals surface area contributed by atoms with E-state index in [4.69, 9.17) is 0 Å². The first-order chi connectivity index (χ1) is 13.5. The van der Waals surface area contributed by atoms with Crippen LogP contribution in [-0.4, -0.2) is 11.8 Å². The van der Waals surface area contributed by atoms with Crippen molar-refractivity contribution < 1.29 is 9.59 Å². The van der Waals surface area contributed by atoms with Crippen LogP contribution in [0.2, 0.25) is 0 Å². The second kappa shape index (κ2) is 8.86. The van der Waals surface area contributed by atoms with E-state index in [1.165, 1.54) is 6.92 Å². The molecule has 0 aliphatic rings. The molecule has 0 aliphatic carbocycles. The van der Waals surface area contributed by atoms with E-state index in [1.54, 1.807) is 12.1 Å². The Morgan fingerprint density at radius 2 is 1.25 bits per heavy atom. The summed E-state index contributed by atoms with van der Waals surface area (Å²) in [6.07, 6.45) is 0. The molecule has 5 nitrogen and oxygen atoms in total. The molecule has 0 unspecified atom stereocenters. The number of nitrogens with one attached hydrogen (secondary N) is 3. The summed E-state index contributed by atoms with van der Waals surface area (Å²) < 4.78 is 0. The third-order valence-electron chi connectivity index (χ3n) is 4.23. The first kappa shape index (κ1) is 19.2. The molecule has 3 N–H and O–H groups in total. The van der Waals surface area contributed by atoms with Gasteiger partial charge in [-0.2, -0.15) is 0 Å². The maximum atomic E-state index is 13.0. The molecule has 0 heterocycles. The van der Waals surface area contributed by atoms with Crippen LogP contribution in [-0.2, 0) is 9.59 Å². The zero-order valence-electron chi connectivity index (χ0n) is 15.9. The van der Waals surface area contributed by atoms with Gasteiger partial charge in [0.2, 0.25) is 5.91 Å². The van der Waals surface area contributed by atoms with Crippen LogP contribution in [0.25, 0.3) is 0 Å². The van der Waals surface area contributed by atoms with Crippen molar-refractivity contribution in [3.8, 4) is 0 Å². The van der Waals surface area contributed by atoms with Gasteiger partial charge in [0.1, 0.15) is 6.04 Å². The molecule has 3 aromatic rings. The van der Waals surface area contributed by atoms with Gasteiger partial charge in [-0.3, -0.25) is 9.59 Å². The number of benzene rings is 3. The van der Waals surface area contributed by atoms with E-state index in [-0.39, 0.29) is 11.8 Å². The summed E-state index contributed by atoms with van der Waals surface area (Å²) in [5, 5.41) is 8.98. The fourth-order valence-electron chi connectivity index (χ4n) is 2.82. The molecule has 0 spiro atoms. The molecule has 0 aliphatic heterocycles. The van der Waals surface area contributed by atoms with Crippen LogP contribution in [0.5, 0.6) is 0 Å². The van der Waals surface area contributed by atoms with Gasteiger partial charge < -0.3 is 16.0 Å². The summed E-state index contributed by atoms with van der Waals surface area (Å²) in [5.41, 5.74) is 4.23. The summed E-state index contributed by atoms with van der Waals surface area (Å²) in [7, 11) is 0. The van der Waals surface area contributed by atoms with Crippen molar-refractivity contribution in [1.82, 2.24) is 0 Å². The maximum absolute atomic E-state index is 13.0. The Morgan fingerprint density at radius 1 is 0.714 bits per heavy atom. The van der Waals surface area contributed by atoms with E-state index < -0.39 is 6.04 Å². The number of hydrogen-bond donors (Lipinski definition) is 3. The van der Waals surface area contributed by atoms with Gasteiger partial charge >= 0.3 is 0 Å². The molecule has 3 rings (SSSR count). The quantitative estimate of drug-likeness (QED) is 0.584. The SMILES string of the molecule is CC(=O)Nc1ccc(N[C@@H](C(=O)Nc2ccc(C)cc2)c2ccccc2)cc1. The third-order valence-corrected chi connectivity index (χ3v) is 4.23. The van der Waals surface area contributed by atoms with Gasteiger partial charge in [-0.25, -0.2) is 0 Å². The fourth-order valence-corrected chi connectivity index (χ4v) is 2.82. The Morgan fingerprint density at radius 3 is 1.86 bits per heavy atom. The van der Waals surface area contributed by atoms with E-state index in [0.29, 0.717) is 5.69 Å². The number of aryl methyl sites for hydroxylation is 1. The van der Waals surface area contributed by atoms with Gasteiger partial charge in [-0.1, -0.05) is 48.0 Å². The minimum atomic E-state index is -0.561. The molecular formula is C23H23N3O2. The number of anilines is 3.